The molecule has 0 rings (SSSR count). The Morgan fingerprint density at radius 3 is 1.28 bits per heavy atom. The van der Waals surface area contributed by atoms with E-state index in [4.69, 9.17) is 14.2 Å². The highest BCUT2D eigenvalue weighted by Gasteiger charge is 2.25. The zero-order valence-corrected chi connectivity index (χ0v) is 42.6. The molecule has 374 valence electrons. The first-order valence-corrected chi connectivity index (χ1v) is 26.5. The summed E-state index contributed by atoms with van der Waals surface area (Å²) in [5.74, 6) is -1.79. The van der Waals surface area contributed by atoms with Gasteiger partial charge in [-0.1, -0.05) is 209 Å². The Morgan fingerprint density at radius 1 is 0.477 bits per heavy atom. The molecular formula is C57H99NO7. The molecule has 0 aromatic rings. The van der Waals surface area contributed by atoms with Crippen LogP contribution in [-0.2, 0) is 28.6 Å². The van der Waals surface area contributed by atoms with Crippen LogP contribution in [0.4, 0.5) is 0 Å². The van der Waals surface area contributed by atoms with Gasteiger partial charge in [-0.25, -0.2) is 0 Å². The summed E-state index contributed by atoms with van der Waals surface area (Å²) in [4.78, 5) is 37.1. The van der Waals surface area contributed by atoms with E-state index in [1.165, 1.54) is 109 Å². The van der Waals surface area contributed by atoms with Crippen molar-refractivity contribution in [3.05, 3.63) is 72.9 Å². The predicted molar refractivity (Wildman–Crippen MR) is 272 cm³/mol. The molecule has 8 nitrogen and oxygen atoms in total. The number of carboxylic acid groups (broad SMARTS) is 1. The second-order valence-electron chi connectivity index (χ2n) is 18.7. The van der Waals surface area contributed by atoms with Gasteiger partial charge >= 0.3 is 11.9 Å². The van der Waals surface area contributed by atoms with E-state index in [2.05, 4.69) is 86.8 Å². The summed E-state index contributed by atoms with van der Waals surface area (Å²) in [5.41, 5.74) is 0. The van der Waals surface area contributed by atoms with Gasteiger partial charge in [0.05, 0.1) is 40.3 Å². The first-order valence-electron chi connectivity index (χ1n) is 26.5. The van der Waals surface area contributed by atoms with Gasteiger partial charge in [0.1, 0.15) is 12.6 Å². The third kappa shape index (κ3) is 45.7. The van der Waals surface area contributed by atoms with E-state index in [0.29, 0.717) is 19.3 Å². The number of ether oxygens (including phenoxy) is 3. The Bertz CT molecular complexity index is 1290. The number of hydrogen-bond donors (Lipinski definition) is 0. The number of esters is 2. The van der Waals surface area contributed by atoms with Crippen molar-refractivity contribution in [3.63, 3.8) is 0 Å². The summed E-state index contributed by atoms with van der Waals surface area (Å²) in [6, 6.07) is -0.735. The normalized spacial score (nSPS) is 13.4. The van der Waals surface area contributed by atoms with Crippen LogP contribution in [-0.4, -0.2) is 75.5 Å². The molecule has 0 aliphatic carbocycles. The first-order chi connectivity index (χ1) is 31.6. The molecule has 0 radical (unpaired) electrons. The fraction of sp³-hybridized carbons (Fsp3) is 0.737. The molecule has 0 fully saturated rings. The lowest BCUT2D eigenvalue weighted by Crippen LogP contribution is -2.55. The zero-order valence-electron chi connectivity index (χ0n) is 42.6. The molecule has 0 heterocycles. The fourth-order valence-corrected chi connectivity index (χ4v) is 7.55. The van der Waals surface area contributed by atoms with Gasteiger partial charge in [-0.3, -0.25) is 9.59 Å². The highest BCUT2D eigenvalue weighted by molar-refractivity contribution is 5.70. The van der Waals surface area contributed by atoms with E-state index >= 15 is 0 Å². The van der Waals surface area contributed by atoms with Crippen LogP contribution in [0.5, 0.6) is 0 Å². The minimum atomic E-state index is -1.13. The van der Waals surface area contributed by atoms with Crippen molar-refractivity contribution in [2.45, 2.75) is 231 Å². The SMILES string of the molecule is CC/C=C/C/C=C/C/C=C/C/C=C/C/C=C/C/C=C/CCCCC(=O)OCC(COCCC(C(=O)[O-])[N+](C)(C)C)OC(=O)CCCCCCCCCCCCCCCCCCCCCC. The standard InChI is InChI=1S/C57H99NO7/c1-6-8-10-12-14-16-18-20-22-24-26-28-30-31-33-35-37-39-41-43-45-47-55(59)64-52-53(51-63-50-49-54(57(61)62)58(3,4)5)65-56(60)48-46-44-42-40-38-36-34-32-29-27-25-23-21-19-17-15-13-11-9-7-2/h8,10,14,16,20,22,26,28,31,33,37,39,53-54H,6-7,9,11-13,15,17-19,21,23-25,27,29-30,32,34-36,38,40-52H2,1-5H3/b10-8+,16-14+,22-20+,28-26+,33-31+,39-37+. The molecule has 2 atom stereocenters. The van der Waals surface area contributed by atoms with Crippen LogP contribution in [0.2, 0.25) is 0 Å². The number of carbonyl (C=O) groups is 3. The second-order valence-corrected chi connectivity index (χ2v) is 18.7. The molecule has 65 heavy (non-hydrogen) atoms. The van der Waals surface area contributed by atoms with Crippen molar-refractivity contribution >= 4 is 17.9 Å². The van der Waals surface area contributed by atoms with Gasteiger partial charge in [0.25, 0.3) is 0 Å². The average molecular weight is 910 g/mol. The molecule has 0 amide bonds. The smallest absolute Gasteiger partial charge is 0.306 e. The zero-order chi connectivity index (χ0) is 47.7. The summed E-state index contributed by atoms with van der Waals surface area (Å²) >= 11 is 0. The van der Waals surface area contributed by atoms with Gasteiger partial charge in [-0.15, -0.1) is 0 Å². The molecule has 0 aromatic heterocycles. The van der Waals surface area contributed by atoms with Crippen molar-refractivity contribution in [2.75, 3.05) is 41.0 Å². The van der Waals surface area contributed by atoms with Crippen molar-refractivity contribution in [2.24, 2.45) is 0 Å². The number of quaternary nitrogens is 1. The quantitative estimate of drug-likeness (QED) is 0.0259. The predicted octanol–water partition coefficient (Wildman–Crippen LogP) is 14.1. The maximum absolute atomic E-state index is 12.8. The minimum Gasteiger partial charge on any atom is -0.544 e. The Morgan fingerprint density at radius 2 is 0.862 bits per heavy atom. The lowest BCUT2D eigenvalue weighted by atomic mass is 10.0. The molecule has 0 spiro atoms. The summed E-state index contributed by atoms with van der Waals surface area (Å²) in [7, 11) is 5.40. The van der Waals surface area contributed by atoms with E-state index in [0.717, 1.165) is 70.6 Å². The third-order valence-electron chi connectivity index (χ3n) is 11.6. The van der Waals surface area contributed by atoms with Crippen LogP contribution in [0.3, 0.4) is 0 Å². The lowest BCUT2D eigenvalue weighted by Gasteiger charge is -2.34. The van der Waals surface area contributed by atoms with Gasteiger partial charge < -0.3 is 28.6 Å². The Hall–Kier alpha value is -3.23. The maximum atomic E-state index is 12.8. The number of unbranched alkanes of at least 4 members (excludes halogenated alkanes) is 21. The number of rotatable bonds is 47. The molecule has 2 unspecified atom stereocenters. The first kappa shape index (κ1) is 61.8. The highest BCUT2D eigenvalue weighted by Crippen LogP contribution is 2.16. The number of hydrogen-bond acceptors (Lipinski definition) is 7. The van der Waals surface area contributed by atoms with Crippen LogP contribution in [0.1, 0.15) is 219 Å². The number of carbonyl (C=O) groups excluding carboxylic acids is 3. The van der Waals surface area contributed by atoms with Crippen molar-refractivity contribution in [1.29, 1.82) is 0 Å². The number of likely N-dealkylation sites (N-methyl/N-ethyl adjacent to an activating group) is 1. The molecule has 0 aromatic carbocycles. The summed E-state index contributed by atoms with van der Waals surface area (Å²) < 4.78 is 17.2. The highest BCUT2D eigenvalue weighted by atomic mass is 16.6. The topological polar surface area (TPSA) is 102 Å². The van der Waals surface area contributed by atoms with E-state index in [-0.39, 0.29) is 42.7 Å². The summed E-state index contributed by atoms with van der Waals surface area (Å²) in [6.45, 7) is 4.53. The van der Waals surface area contributed by atoms with Crippen LogP contribution in [0.25, 0.3) is 0 Å². The molecule has 0 aliphatic heterocycles. The molecule has 0 aliphatic rings. The van der Waals surface area contributed by atoms with Gasteiger partial charge in [-0.05, 0) is 64.2 Å². The van der Waals surface area contributed by atoms with Crippen LogP contribution < -0.4 is 5.11 Å². The number of aliphatic carboxylic acids is 1. The van der Waals surface area contributed by atoms with Gasteiger partial charge in [0.15, 0.2) is 6.10 Å². The van der Waals surface area contributed by atoms with Crippen molar-refractivity contribution in [1.82, 2.24) is 0 Å². The van der Waals surface area contributed by atoms with Crippen molar-refractivity contribution in [3.8, 4) is 0 Å². The third-order valence-corrected chi connectivity index (χ3v) is 11.6. The molecular weight excluding hydrogens is 811 g/mol. The number of nitrogens with zero attached hydrogens (tertiary/aromatic N) is 1. The molecule has 0 saturated carbocycles. The molecule has 8 heteroatoms. The summed E-state index contributed by atoms with van der Waals surface area (Å²) in [5, 5.41) is 11.7. The summed E-state index contributed by atoms with van der Waals surface area (Å²) in [6.07, 6.45) is 60.8. The van der Waals surface area contributed by atoms with Gasteiger partial charge in [-0.2, -0.15) is 0 Å². The monoisotopic (exact) mass is 910 g/mol. The Balaban J connectivity index is 4.30. The van der Waals surface area contributed by atoms with Gasteiger partial charge in [0, 0.05) is 19.3 Å². The van der Waals surface area contributed by atoms with E-state index < -0.39 is 18.1 Å². The fourth-order valence-electron chi connectivity index (χ4n) is 7.55. The van der Waals surface area contributed by atoms with Crippen LogP contribution in [0.15, 0.2) is 72.9 Å². The van der Waals surface area contributed by atoms with Crippen LogP contribution >= 0.6 is 0 Å². The minimum absolute atomic E-state index is 0.0257. The van der Waals surface area contributed by atoms with E-state index in [9.17, 15) is 19.5 Å². The van der Waals surface area contributed by atoms with Crippen LogP contribution in [0, 0.1) is 0 Å². The molecule has 0 bridgehead atoms. The largest absolute Gasteiger partial charge is 0.544 e. The molecule has 0 saturated heterocycles. The Kier molecular flexibility index (Phi) is 44.9. The molecule has 0 N–H and O–H groups in total. The Labute approximate surface area is 400 Å². The maximum Gasteiger partial charge on any atom is 0.306 e. The van der Waals surface area contributed by atoms with E-state index in [1.54, 1.807) is 21.1 Å². The van der Waals surface area contributed by atoms with E-state index in [1.807, 2.05) is 0 Å². The van der Waals surface area contributed by atoms with Gasteiger partial charge in [0.2, 0.25) is 0 Å². The number of allylic oxidation sites excluding steroid dienone is 12. The van der Waals surface area contributed by atoms with Crippen molar-refractivity contribution < 1.29 is 38.2 Å². The second kappa shape index (κ2) is 47.3. The lowest BCUT2D eigenvalue weighted by molar-refractivity contribution is -0.889. The number of carboxylic acids is 1. The average Bonchev–Trinajstić information content (AvgIpc) is 3.27.